The monoisotopic (exact) mass is 560 g/mol. The highest BCUT2D eigenvalue weighted by molar-refractivity contribution is 6.33. The number of aromatic nitrogens is 7. The van der Waals surface area contributed by atoms with Gasteiger partial charge in [0.05, 0.1) is 24.0 Å². The zero-order chi connectivity index (χ0) is 27.1. The van der Waals surface area contributed by atoms with E-state index in [9.17, 15) is 18.0 Å². The zero-order valence-electron chi connectivity index (χ0n) is 20.7. The Morgan fingerprint density at radius 1 is 1.21 bits per heavy atom. The van der Waals surface area contributed by atoms with Crippen molar-refractivity contribution in [3.8, 4) is 11.5 Å². The molecule has 0 spiro atoms. The van der Waals surface area contributed by atoms with E-state index in [1.807, 2.05) is 4.90 Å². The van der Waals surface area contributed by atoms with Gasteiger partial charge in [-0.1, -0.05) is 29.8 Å². The smallest absolute Gasteiger partial charge is 0.364 e. The molecule has 4 aromatic rings. The first kappa shape index (κ1) is 25.6. The molecule has 6 rings (SSSR count). The summed E-state index contributed by atoms with van der Waals surface area (Å²) in [6.07, 6.45) is 0.995. The van der Waals surface area contributed by atoms with Gasteiger partial charge in [-0.15, -0.1) is 0 Å². The molecule has 39 heavy (non-hydrogen) atoms. The van der Waals surface area contributed by atoms with Crippen molar-refractivity contribution >= 4 is 17.3 Å². The normalized spacial score (nSPS) is 17.8. The number of ether oxygens (including phenoxy) is 1. The molecule has 0 aliphatic carbocycles. The summed E-state index contributed by atoms with van der Waals surface area (Å²) in [6.45, 7) is 1.26. The van der Waals surface area contributed by atoms with E-state index in [4.69, 9.17) is 16.3 Å². The van der Waals surface area contributed by atoms with Crippen LogP contribution < -0.4 is 10.5 Å². The minimum atomic E-state index is -4.49. The highest BCUT2D eigenvalue weighted by Crippen LogP contribution is 2.35. The third-order valence-corrected chi connectivity index (χ3v) is 7.47. The second-order valence-electron chi connectivity index (χ2n) is 9.51. The first-order valence-electron chi connectivity index (χ1n) is 12.5. The van der Waals surface area contributed by atoms with E-state index in [0.717, 1.165) is 30.2 Å². The van der Waals surface area contributed by atoms with Crippen LogP contribution in [0.5, 0.6) is 0 Å². The Hall–Kier alpha value is -3.71. The minimum Gasteiger partial charge on any atom is -0.364 e. The Morgan fingerprint density at radius 3 is 2.79 bits per heavy atom. The van der Waals surface area contributed by atoms with Crippen molar-refractivity contribution in [1.29, 1.82) is 0 Å². The van der Waals surface area contributed by atoms with Crippen LogP contribution in [0.25, 0.3) is 11.5 Å². The van der Waals surface area contributed by atoms with Crippen molar-refractivity contribution in [2.24, 2.45) is 0 Å². The number of halogens is 4. The molecule has 3 aromatic heterocycles. The van der Waals surface area contributed by atoms with Crippen LogP contribution in [0, 0.1) is 0 Å². The van der Waals surface area contributed by atoms with Crippen molar-refractivity contribution in [2.45, 2.75) is 51.2 Å². The number of alkyl halides is 3. The van der Waals surface area contributed by atoms with Crippen LogP contribution in [-0.2, 0) is 30.4 Å². The lowest BCUT2D eigenvalue weighted by Gasteiger charge is -2.31. The molecule has 0 saturated carbocycles. The quantitative estimate of drug-likeness (QED) is 0.390. The number of anilines is 1. The summed E-state index contributed by atoms with van der Waals surface area (Å²) in [6, 6.07) is 5.47. The maximum Gasteiger partial charge on any atom is 0.416 e. The highest BCUT2D eigenvalue weighted by Gasteiger charge is 2.34. The van der Waals surface area contributed by atoms with Crippen molar-refractivity contribution in [3.05, 3.63) is 74.6 Å². The standard InChI is InChI=1S/C25H24ClF3N8O2/c26-21-19(11-32-37(24(21)38)20-7-3-4-10-39-20)35-9-8-18-16(13-35)22(23-30-14-31-33-23)34-36(18)12-15-5-1-2-6-17(15)25(27,28)29/h1-2,5-6,11,14,20H,3-4,7-10,12-13H2,(H,30,31,33). The lowest BCUT2D eigenvalue weighted by molar-refractivity contribution is -0.138. The maximum absolute atomic E-state index is 13.7. The van der Waals surface area contributed by atoms with Crippen molar-refractivity contribution < 1.29 is 17.9 Å². The fourth-order valence-electron chi connectivity index (χ4n) is 5.21. The van der Waals surface area contributed by atoms with E-state index in [1.165, 1.54) is 23.1 Å². The third kappa shape index (κ3) is 4.80. The molecule has 14 heteroatoms. The van der Waals surface area contributed by atoms with E-state index in [0.29, 0.717) is 49.7 Å². The van der Waals surface area contributed by atoms with Crippen LogP contribution in [0.3, 0.4) is 0 Å². The topological polar surface area (TPSA) is 107 Å². The van der Waals surface area contributed by atoms with Crippen LogP contribution in [0.2, 0.25) is 5.02 Å². The van der Waals surface area contributed by atoms with E-state index in [1.54, 1.807) is 16.9 Å². The molecule has 2 aliphatic rings. The van der Waals surface area contributed by atoms with Gasteiger partial charge < -0.3 is 9.64 Å². The number of rotatable bonds is 5. The zero-order valence-corrected chi connectivity index (χ0v) is 21.4. The molecule has 2 aliphatic heterocycles. The molecule has 10 nitrogen and oxygen atoms in total. The number of benzene rings is 1. The SMILES string of the molecule is O=c1c(Cl)c(N2CCc3c(c(-c4ncn[nH]4)nn3Cc3ccccc3C(F)(F)F)C2)cnn1C1CCCCO1. The maximum atomic E-state index is 13.7. The van der Waals surface area contributed by atoms with Crippen molar-refractivity contribution in [2.75, 3.05) is 18.1 Å². The second kappa shape index (κ2) is 10.1. The van der Waals surface area contributed by atoms with Crippen LogP contribution in [0.4, 0.5) is 18.9 Å². The molecule has 1 fully saturated rings. The van der Waals surface area contributed by atoms with Crippen LogP contribution >= 0.6 is 11.6 Å². The molecule has 5 heterocycles. The van der Waals surface area contributed by atoms with Gasteiger partial charge in [-0.25, -0.2) is 4.98 Å². The summed E-state index contributed by atoms with van der Waals surface area (Å²) in [4.78, 5) is 19.2. The van der Waals surface area contributed by atoms with Gasteiger partial charge in [0.1, 0.15) is 17.0 Å². The Balaban J connectivity index is 1.35. The van der Waals surface area contributed by atoms with Gasteiger partial charge in [0.2, 0.25) is 0 Å². The predicted octanol–water partition coefficient (Wildman–Crippen LogP) is 4.21. The summed E-state index contributed by atoms with van der Waals surface area (Å²) >= 11 is 6.56. The first-order chi connectivity index (χ1) is 18.8. The average Bonchev–Trinajstić information content (AvgIpc) is 3.59. The molecule has 1 saturated heterocycles. The Kier molecular flexibility index (Phi) is 6.63. The first-order valence-corrected chi connectivity index (χ1v) is 12.9. The summed E-state index contributed by atoms with van der Waals surface area (Å²) < 4.78 is 49.6. The number of H-pyrrole nitrogens is 1. The molecule has 0 radical (unpaired) electrons. The average molecular weight is 561 g/mol. The van der Waals surface area contributed by atoms with E-state index < -0.39 is 23.5 Å². The summed E-state index contributed by atoms with van der Waals surface area (Å²) in [5.74, 6) is 0.394. The van der Waals surface area contributed by atoms with Gasteiger partial charge in [-0.2, -0.15) is 33.1 Å². The van der Waals surface area contributed by atoms with Crippen LogP contribution in [-0.4, -0.2) is 47.9 Å². The van der Waals surface area contributed by atoms with Gasteiger partial charge >= 0.3 is 6.18 Å². The van der Waals surface area contributed by atoms with Gasteiger partial charge in [0.25, 0.3) is 5.56 Å². The molecule has 0 amide bonds. The molecule has 1 N–H and O–H groups in total. The van der Waals surface area contributed by atoms with Gasteiger partial charge in [0.15, 0.2) is 12.1 Å². The number of fused-ring (bicyclic) bond motifs is 1. The van der Waals surface area contributed by atoms with Gasteiger partial charge in [0, 0.05) is 37.4 Å². The molecule has 1 unspecified atom stereocenters. The lowest BCUT2D eigenvalue weighted by Crippen LogP contribution is -2.36. The number of hydrogen-bond acceptors (Lipinski definition) is 7. The van der Waals surface area contributed by atoms with Gasteiger partial charge in [-0.05, 0) is 30.9 Å². The summed E-state index contributed by atoms with van der Waals surface area (Å²) in [7, 11) is 0. The van der Waals surface area contributed by atoms with E-state index >= 15 is 0 Å². The van der Waals surface area contributed by atoms with Crippen molar-refractivity contribution in [1.82, 2.24) is 34.7 Å². The second-order valence-corrected chi connectivity index (χ2v) is 9.88. The lowest BCUT2D eigenvalue weighted by atomic mass is 10.0. The number of nitrogens with zero attached hydrogens (tertiary/aromatic N) is 7. The molecule has 0 bridgehead atoms. The highest BCUT2D eigenvalue weighted by atomic mass is 35.5. The van der Waals surface area contributed by atoms with Gasteiger partial charge in [-0.3, -0.25) is 14.6 Å². The minimum absolute atomic E-state index is 0.0373. The predicted molar refractivity (Wildman–Crippen MR) is 135 cm³/mol. The molecular weight excluding hydrogens is 537 g/mol. The Bertz CT molecular complexity index is 1540. The number of hydrogen-bond donors (Lipinski definition) is 1. The largest absolute Gasteiger partial charge is 0.416 e. The fourth-order valence-corrected chi connectivity index (χ4v) is 5.47. The Morgan fingerprint density at radius 2 is 2.05 bits per heavy atom. The molecular formula is C25H24ClF3N8O2. The molecule has 1 atom stereocenters. The summed E-state index contributed by atoms with van der Waals surface area (Å²) in [5.41, 5.74) is 1.47. The Labute approximate surface area is 225 Å². The summed E-state index contributed by atoms with van der Waals surface area (Å²) in [5, 5.41) is 15.8. The van der Waals surface area contributed by atoms with Crippen LogP contribution in [0.1, 0.15) is 47.9 Å². The van der Waals surface area contributed by atoms with Crippen molar-refractivity contribution in [3.63, 3.8) is 0 Å². The fraction of sp³-hybridized carbons (Fsp3) is 0.400. The number of nitrogens with one attached hydrogen (secondary N) is 1. The molecule has 204 valence electrons. The molecule has 1 aromatic carbocycles. The van der Waals surface area contributed by atoms with Crippen LogP contribution in [0.15, 0.2) is 41.6 Å². The van der Waals surface area contributed by atoms with E-state index in [2.05, 4.69) is 25.4 Å². The van der Waals surface area contributed by atoms with E-state index in [-0.39, 0.29) is 17.1 Å². The number of aromatic amines is 1. The third-order valence-electron chi connectivity index (χ3n) is 7.11.